The smallest absolute Gasteiger partial charge is 0.166 e. The van der Waals surface area contributed by atoms with Gasteiger partial charge in [0.15, 0.2) is 5.11 Å². The third-order valence-corrected chi connectivity index (χ3v) is 4.79. The van der Waals surface area contributed by atoms with Crippen LogP contribution in [0.25, 0.3) is 0 Å². The van der Waals surface area contributed by atoms with Crippen molar-refractivity contribution >= 4 is 23.0 Å². The molecule has 0 unspecified atom stereocenters. The second kappa shape index (κ2) is 8.87. The van der Waals surface area contributed by atoms with E-state index in [0.29, 0.717) is 18.2 Å². The fourth-order valence-corrected chi connectivity index (χ4v) is 3.15. The zero-order valence-corrected chi connectivity index (χ0v) is 15.9. The van der Waals surface area contributed by atoms with Crippen LogP contribution in [0.15, 0.2) is 48.5 Å². The van der Waals surface area contributed by atoms with Crippen LogP contribution in [0.5, 0.6) is 5.75 Å². The normalized spacial score (nSPS) is 14.1. The summed E-state index contributed by atoms with van der Waals surface area (Å²) in [4.78, 5) is 4.34. The SMILES string of the molecule is COc1ccc(CN(Cc2ccc(N3CCOCC3)cc2)C(N)=S)cc1. The minimum absolute atomic E-state index is 0.401. The highest BCUT2D eigenvalue weighted by atomic mass is 32.1. The molecular weight excluding hydrogens is 346 g/mol. The van der Waals surface area contributed by atoms with E-state index in [-0.39, 0.29) is 0 Å². The molecule has 1 aliphatic heterocycles. The highest BCUT2D eigenvalue weighted by Crippen LogP contribution is 2.19. The molecule has 0 radical (unpaired) electrons. The van der Waals surface area contributed by atoms with Gasteiger partial charge in [-0.25, -0.2) is 0 Å². The molecular formula is C20H25N3O2S. The van der Waals surface area contributed by atoms with Crippen LogP contribution >= 0.6 is 12.2 Å². The molecule has 6 heteroatoms. The second-order valence-corrected chi connectivity index (χ2v) is 6.73. The number of thiocarbonyl (C=S) groups is 1. The van der Waals surface area contributed by atoms with E-state index in [0.717, 1.165) is 37.6 Å². The summed E-state index contributed by atoms with van der Waals surface area (Å²) in [5, 5.41) is 0.401. The number of ether oxygens (including phenoxy) is 2. The van der Waals surface area contributed by atoms with E-state index in [9.17, 15) is 0 Å². The van der Waals surface area contributed by atoms with Crippen LogP contribution in [0.2, 0.25) is 0 Å². The van der Waals surface area contributed by atoms with Gasteiger partial charge in [-0.15, -0.1) is 0 Å². The summed E-state index contributed by atoms with van der Waals surface area (Å²) in [5.41, 5.74) is 9.50. The molecule has 138 valence electrons. The van der Waals surface area contributed by atoms with E-state index < -0.39 is 0 Å². The number of rotatable bonds is 6. The minimum Gasteiger partial charge on any atom is -0.497 e. The van der Waals surface area contributed by atoms with Gasteiger partial charge in [0.05, 0.1) is 20.3 Å². The molecule has 2 aromatic carbocycles. The molecule has 2 aromatic rings. The number of nitrogens with two attached hydrogens (primary N) is 1. The maximum absolute atomic E-state index is 5.95. The Bertz CT molecular complexity index is 713. The number of hydrogen-bond acceptors (Lipinski definition) is 4. The molecule has 0 atom stereocenters. The molecule has 0 spiro atoms. The lowest BCUT2D eigenvalue weighted by Gasteiger charge is -2.29. The Morgan fingerprint density at radius 2 is 1.58 bits per heavy atom. The summed E-state index contributed by atoms with van der Waals surface area (Å²) in [6, 6.07) is 16.6. The summed E-state index contributed by atoms with van der Waals surface area (Å²) in [6.45, 7) is 4.82. The van der Waals surface area contributed by atoms with Gasteiger partial charge in [-0.05, 0) is 47.6 Å². The molecule has 0 aliphatic carbocycles. The van der Waals surface area contributed by atoms with Gasteiger partial charge in [0.1, 0.15) is 5.75 Å². The molecule has 1 fully saturated rings. The third kappa shape index (κ3) is 4.86. The number of methoxy groups -OCH3 is 1. The van der Waals surface area contributed by atoms with E-state index in [4.69, 9.17) is 27.4 Å². The fraction of sp³-hybridized carbons (Fsp3) is 0.350. The van der Waals surface area contributed by atoms with E-state index in [2.05, 4.69) is 29.2 Å². The Morgan fingerprint density at radius 1 is 1.04 bits per heavy atom. The quantitative estimate of drug-likeness (QED) is 0.788. The van der Waals surface area contributed by atoms with Crippen molar-refractivity contribution in [3.05, 3.63) is 59.7 Å². The molecule has 5 nitrogen and oxygen atoms in total. The Balaban J connectivity index is 1.64. The van der Waals surface area contributed by atoms with E-state index in [1.54, 1.807) is 7.11 Å². The van der Waals surface area contributed by atoms with Gasteiger partial charge in [0.25, 0.3) is 0 Å². The summed E-state index contributed by atoms with van der Waals surface area (Å²) in [5.74, 6) is 0.842. The van der Waals surface area contributed by atoms with E-state index in [1.807, 2.05) is 29.2 Å². The molecule has 0 amide bonds. The maximum Gasteiger partial charge on any atom is 0.166 e. The Labute approximate surface area is 160 Å². The van der Waals surface area contributed by atoms with Crippen molar-refractivity contribution in [2.75, 3.05) is 38.3 Å². The molecule has 0 aromatic heterocycles. The number of morpholine rings is 1. The van der Waals surface area contributed by atoms with Gasteiger partial charge >= 0.3 is 0 Å². The van der Waals surface area contributed by atoms with Crippen LogP contribution in [-0.4, -0.2) is 43.4 Å². The van der Waals surface area contributed by atoms with Gasteiger partial charge < -0.3 is 25.0 Å². The summed E-state index contributed by atoms with van der Waals surface area (Å²) in [7, 11) is 1.66. The average Bonchev–Trinajstić information content (AvgIpc) is 2.69. The zero-order chi connectivity index (χ0) is 18.4. The van der Waals surface area contributed by atoms with Gasteiger partial charge in [-0.2, -0.15) is 0 Å². The van der Waals surface area contributed by atoms with Gasteiger partial charge in [0, 0.05) is 31.9 Å². The van der Waals surface area contributed by atoms with Crippen molar-refractivity contribution in [3.8, 4) is 5.75 Å². The number of hydrogen-bond donors (Lipinski definition) is 1. The monoisotopic (exact) mass is 371 g/mol. The maximum atomic E-state index is 5.95. The third-order valence-electron chi connectivity index (χ3n) is 4.53. The van der Waals surface area contributed by atoms with E-state index >= 15 is 0 Å². The number of anilines is 1. The number of benzene rings is 2. The zero-order valence-electron chi connectivity index (χ0n) is 15.1. The summed E-state index contributed by atoms with van der Waals surface area (Å²) in [6.07, 6.45) is 0. The van der Waals surface area contributed by atoms with Crippen LogP contribution in [0, 0.1) is 0 Å². The first-order chi connectivity index (χ1) is 12.7. The molecule has 3 rings (SSSR count). The van der Waals surface area contributed by atoms with Crippen LogP contribution < -0.4 is 15.4 Å². The van der Waals surface area contributed by atoms with Gasteiger partial charge in [0.2, 0.25) is 0 Å². The highest BCUT2D eigenvalue weighted by Gasteiger charge is 2.12. The molecule has 1 heterocycles. The fourth-order valence-electron chi connectivity index (χ4n) is 3.02. The number of nitrogens with zero attached hydrogens (tertiary/aromatic N) is 2. The van der Waals surface area contributed by atoms with Gasteiger partial charge in [-0.1, -0.05) is 24.3 Å². The lowest BCUT2D eigenvalue weighted by Crippen LogP contribution is -2.36. The Morgan fingerprint density at radius 3 is 2.08 bits per heavy atom. The molecule has 0 bridgehead atoms. The standard InChI is InChI=1S/C20H25N3O2S/c1-24-19-8-4-17(5-9-19)15-23(20(21)26)14-16-2-6-18(7-3-16)22-10-12-25-13-11-22/h2-9H,10-15H2,1H3,(H2,21,26). The first-order valence-corrected chi connectivity index (χ1v) is 9.15. The van der Waals surface area contributed by atoms with Crippen molar-refractivity contribution in [2.24, 2.45) is 5.73 Å². The molecule has 2 N–H and O–H groups in total. The van der Waals surface area contributed by atoms with Gasteiger partial charge in [-0.3, -0.25) is 0 Å². The van der Waals surface area contributed by atoms with Crippen LogP contribution in [0.1, 0.15) is 11.1 Å². The average molecular weight is 372 g/mol. The van der Waals surface area contributed by atoms with Crippen LogP contribution in [0.3, 0.4) is 0 Å². The van der Waals surface area contributed by atoms with Crippen molar-refractivity contribution < 1.29 is 9.47 Å². The van der Waals surface area contributed by atoms with E-state index in [1.165, 1.54) is 11.3 Å². The lowest BCUT2D eigenvalue weighted by atomic mass is 10.1. The topological polar surface area (TPSA) is 51.0 Å². The lowest BCUT2D eigenvalue weighted by molar-refractivity contribution is 0.122. The molecule has 1 saturated heterocycles. The van der Waals surface area contributed by atoms with Crippen LogP contribution in [0.4, 0.5) is 5.69 Å². The predicted molar refractivity (Wildman–Crippen MR) is 109 cm³/mol. The first-order valence-electron chi connectivity index (χ1n) is 8.74. The molecule has 0 saturated carbocycles. The van der Waals surface area contributed by atoms with Crippen molar-refractivity contribution in [1.29, 1.82) is 0 Å². The van der Waals surface area contributed by atoms with Crippen molar-refractivity contribution in [1.82, 2.24) is 4.90 Å². The minimum atomic E-state index is 0.401. The first kappa shape index (κ1) is 18.5. The highest BCUT2D eigenvalue weighted by molar-refractivity contribution is 7.80. The Kier molecular flexibility index (Phi) is 6.30. The summed E-state index contributed by atoms with van der Waals surface area (Å²) >= 11 is 5.25. The molecule has 1 aliphatic rings. The van der Waals surface area contributed by atoms with Crippen molar-refractivity contribution in [3.63, 3.8) is 0 Å². The second-order valence-electron chi connectivity index (χ2n) is 6.31. The largest absolute Gasteiger partial charge is 0.497 e. The summed E-state index contributed by atoms with van der Waals surface area (Å²) < 4.78 is 10.6. The predicted octanol–water partition coefficient (Wildman–Crippen LogP) is 2.78. The van der Waals surface area contributed by atoms with Crippen molar-refractivity contribution in [2.45, 2.75) is 13.1 Å². The molecule has 26 heavy (non-hydrogen) atoms. The van der Waals surface area contributed by atoms with Crippen LogP contribution in [-0.2, 0) is 17.8 Å². The Hall–Kier alpha value is -2.31.